The number of nitrogens with zero attached hydrogens (tertiary/aromatic N) is 1. The molecule has 0 spiro atoms. The zero-order valence-electron chi connectivity index (χ0n) is 12.5. The van der Waals surface area contributed by atoms with Crippen LogP contribution in [-0.4, -0.2) is 17.1 Å². The average molecular weight is 367 g/mol. The lowest BCUT2D eigenvalue weighted by Crippen LogP contribution is -2.20. The van der Waals surface area contributed by atoms with Gasteiger partial charge in [0, 0.05) is 23.8 Å². The van der Waals surface area contributed by atoms with Crippen LogP contribution in [0, 0.1) is 0 Å². The van der Waals surface area contributed by atoms with Crippen molar-refractivity contribution in [2.24, 2.45) is 7.05 Å². The quantitative estimate of drug-likeness (QED) is 0.767. The van der Waals surface area contributed by atoms with E-state index in [1.54, 1.807) is 37.4 Å². The van der Waals surface area contributed by atoms with Crippen molar-refractivity contribution in [3.05, 3.63) is 57.0 Å². The Hall–Kier alpha value is -2.44. The minimum atomic E-state index is -0.465. The maximum atomic E-state index is 12.0. The van der Waals surface area contributed by atoms with E-state index in [1.807, 2.05) is 0 Å². The van der Waals surface area contributed by atoms with Crippen molar-refractivity contribution in [1.82, 2.24) is 4.57 Å². The first kappa shape index (κ1) is 16.4. The number of fused-ring (bicyclic) bond motifs is 1. The summed E-state index contributed by atoms with van der Waals surface area (Å²) >= 11 is 11.8. The molecule has 0 aliphatic rings. The van der Waals surface area contributed by atoms with Gasteiger partial charge in [-0.25, -0.2) is 4.79 Å². The molecule has 0 atom stereocenters. The molecule has 0 fully saturated rings. The molecule has 24 heavy (non-hydrogen) atoms. The lowest BCUT2D eigenvalue weighted by Gasteiger charge is -2.09. The van der Waals surface area contributed by atoms with Gasteiger partial charge in [-0.1, -0.05) is 23.2 Å². The van der Waals surface area contributed by atoms with E-state index in [4.69, 9.17) is 32.4 Å². The number of rotatable bonds is 4. The first-order chi connectivity index (χ1) is 11.4. The Labute approximate surface area is 146 Å². The molecule has 1 heterocycles. The molecule has 8 heteroatoms. The second-order valence-corrected chi connectivity index (χ2v) is 5.86. The zero-order chi connectivity index (χ0) is 17.3. The topological polar surface area (TPSA) is 73.5 Å². The summed E-state index contributed by atoms with van der Waals surface area (Å²) in [5.41, 5.74) is 1.55. The van der Waals surface area contributed by atoms with Gasteiger partial charge in [0.15, 0.2) is 12.2 Å². The van der Waals surface area contributed by atoms with E-state index in [2.05, 4.69) is 5.32 Å². The highest BCUT2D eigenvalue weighted by atomic mass is 35.5. The van der Waals surface area contributed by atoms with Gasteiger partial charge in [0.25, 0.3) is 5.91 Å². The molecule has 0 aliphatic carbocycles. The van der Waals surface area contributed by atoms with E-state index in [-0.39, 0.29) is 12.5 Å². The van der Waals surface area contributed by atoms with E-state index < -0.39 is 5.76 Å². The number of ether oxygens (including phenoxy) is 1. The van der Waals surface area contributed by atoms with Gasteiger partial charge in [0.05, 0.1) is 10.5 Å². The van der Waals surface area contributed by atoms with Gasteiger partial charge in [-0.05, 0) is 30.3 Å². The second-order valence-electron chi connectivity index (χ2n) is 5.02. The van der Waals surface area contributed by atoms with Crippen molar-refractivity contribution in [3.8, 4) is 5.75 Å². The summed E-state index contributed by atoms with van der Waals surface area (Å²) in [6.07, 6.45) is 0. The molecule has 1 aromatic heterocycles. The molecule has 3 aromatic rings. The number of carbonyl (C=O) groups is 1. The SMILES string of the molecule is Cn1c(=O)oc2ccc(NC(=O)COc3cc(Cl)ccc3Cl)cc21. The van der Waals surface area contributed by atoms with Gasteiger partial charge in [-0.2, -0.15) is 0 Å². The third-order valence-electron chi connectivity index (χ3n) is 3.33. The fraction of sp³-hybridized carbons (Fsp3) is 0.125. The third-order valence-corrected chi connectivity index (χ3v) is 3.87. The number of nitrogens with one attached hydrogen (secondary N) is 1. The van der Waals surface area contributed by atoms with Gasteiger partial charge >= 0.3 is 5.76 Å². The van der Waals surface area contributed by atoms with Crippen LogP contribution in [-0.2, 0) is 11.8 Å². The standard InChI is InChI=1S/C16H12Cl2N2O4/c1-20-12-7-10(3-5-13(12)24-16(20)22)19-15(21)8-23-14-6-9(17)2-4-11(14)18/h2-7H,8H2,1H3,(H,19,21). The number of benzene rings is 2. The van der Waals surface area contributed by atoms with E-state index in [0.29, 0.717) is 32.6 Å². The largest absolute Gasteiger partial charge is 0.482 e. The summed E-state index contributed by atoms with van der Waals surface area (Å²) in [5.74, 6) is -0.515. The normalized spacial score (nSPS) is 10.8. The molecular formula is C16H12Cl2N2O4. The van der Waals surface area contributed by atoms with E-state index in [1.165, 1.54) is 10.6 Å². The summed E-state index contributed by atoms with van der Waals surface area (Å²) in [6, 6.07) is 9.64. The van der Waals surface area contributed by atoms with Crippen molar-refractivity contribution < 1.29 is 13.9 Å². The number of anilines is 1. The van der Waals surface area contributed by atoms with Gasteiger partial charge in [0.2, 0.25) is 0 Å². The Morgan fingerprint density at radius 1 is 1.25 bits per heavy atom. The average Bonchev–Trinajstić information content (AvgIpc) is 2.83. The van der Waals surface area contributed by atoms with Crippen LogP contribution in [0.25, 0.3) is 11.1 Å². The van der Waals surface area contributed by atoms with Crippen molar-refractivity contribution in [1.29, 1.82) is 0 Å². The third kappa shape index (κ3) is 3.39. The smallest absolute Gasteiger partial charge is 0.419 e. The highest BCUT2D eigenvalue weighted by Gasteiger charge is 2.10. The van der Waals surface area contributed by atoms with Crippen molar-refractivity contribution in [2.75, 3.05) is 11.9 Å². The molecule has 0 unspecified atom stereocenters. The Bertz CT molecular complexity index is 978. The second kappa shape index (κ2) is 6.59. The minimum Gasteiger partial charge on any atom is -0.482 e. The van der Waals surface area contributed by atoms with Crippen LogP contribution >= 0.6 is 23.2 Å². The highest BCUT2D eigenvalue weighted by molar-refractivity contribution is 6.34. The summed E-state index contributed by atoms with van der Waals surface area (Å²) < 4.78 is 11.8. The number of halogens is 2. The summed E-state index contributed by atoms with van der Waals surface area (Å²) in [6.45, 7) is -0.234. The lowest BCUT2D eigenvalue weighted by molar-refractivity contribution is -0.118. The van der Waals surface area contributed by atoms with Crippen molar-refractivity contribution in [3.63, 3.8) is 0 Å². The van der Waals surface area contributed by atoms with Gasteiger partial charge in [-0.15, -0.1) is 0 Å². The predicted molar refractivity (Wildman–Crippen MR) is 92.0 cm³/mol. The summed E-state index contributed by atoms with van der Waals surface area (Å²) in [5, 5.41) is 3.50. The predicted octanol–water partition coefficient (Wildman–Crippen LogP) is 3.46. The van der Waals surface area contributed by atoms with Crippen LogP contribution in [0.15, 0.2) is 45.6 Å². The Morgan fingerprint density at radius 2 is 2.04 bits per heavy atom. The maximum absolute atomic E-state index is 12.0. The van der Waals surface area contributed by atoms with Crippen LogP contribution in [0.5, 0.6) is 5.75 Å². The Kier molecular flexibility index (Phi) is 4.51. The number of carbonyl (C=O) groups excluding carboxylic acids is 1. The first-order valence-corrected chi connectivity index (χ1v) is 7.67. The number of hydrogen-bond donors (Lipinski definition) is 1. The molecule has 3 rings (SSSR count). The molecule has 6 nitrogen and oxygen atoms in total. The van der Waals surface area contributed by atoms with E-state index in [0.717, 1.165) is 0 Å². The first-order valence-electron chi connectivity index (χ1n) is 6.91. The van der Waals surface area contributed by atoms with Gasteiger partial charge in [-0.3, -0.25) is 9.36 Å². The highest BCUT2D eigenvalue weighted by Crippen LogP contribution is 2.27. The van der Waals surface area contributed by atoms with E-state index >= 15 is 0 Å². The summed E-state index contributed by atoms with van der Waals surface area (Å²) in [4.78, 5) is 23.5. The minimum absolute atomic E-state index is 0.234. The monoisotopic (exact) mass is 366 g/mol. The maximum Gasteiger partial charge on any atom is 0.419 e. The van der Waals surface area contributed by atoms with Gasteiger partial charge < -0.3 is 14.5 Å². The number of aromatic nitrogens is 1. The van der Waals surface area contributed by atoms with Crippen molar-refractivity contribution >= 4 is 45.9 Å². The van der Waals surface area contributed by atoms with Crippen LogP contribution in [0.3, 0.4) is 0 Å². The molecule has 124 valence electrons. The molecule has 0 bridgehead atoms. The molecule has 1 amide bonds. The number of amides is 1. The molecule has 0 radical (unpaired) electrons. The fourth-order valence-electron chi connectivity index (χ4n) is 2.13. The van der Waals surface area contributed by atoms with Crippen LogP contribution < -0.4 is 15.8 Å². The fourth-order valence-corrected chi connectivity index (χ4v) is 2.47. The number of oxazole rings is 1. The van der Waals surface area contributed by atoms with Crippen molar-refractivity contribution in [2.45, 2.75) is 0 Å². The van der Waals surface area contributed by atoms with E-state index in [9.17, 15) is 9.59 Å². The number of aryl methyl sites for hydroxylation is 1. The molecule has 0 saturated carbocycles. The van der Waals surface area contributed by atoms with Crippen LogP contribution in [0.2, 0.25) is 10.0 Å². The number of hydrogen-bond acceptors (Lipinski definition) is 4. The summed E-state index contributed by atoms with van der Waals surface area (Å²) in [7, 11) is 1.59. The molecule has 2 aromatic carbocycles. The molecule has 0 aliphatic heterocycles. The van der Waals surface area contributed by atoms with Crippen LogP contribution in [0.1, 0.15) is 0 Å². The molecular weight excluding hydrogens is 355 g/mol. The molecule has 1 N–H and O–H groups in total. The zero-order valence-corrected chi connectivity index (χ0v) is 14.0. The Balaban J connectivity index is 1.69. The molecule has 0 saturated heterocycles. The van der Waals surface area contributed by atoms with Crippen LogP contribution in [0.4, 0.5) is 5.69 Å². The van der Waals surface area contributed by atoms with Gasteiger partial charge in [0.1, 0.15) is 5.75 Å². The lowest BCUT2D eigenvalue weighted by atomic mass is 10.3. The Morgan fingerprint density at radius 3 is 2.83 bits per heavy atom.